The van der Waals surface area contributed by atoms with E-state index in [9.17, 15) is 4.79 Å². The fraction of sp³-hybridized carbons (Fsp3) is 0.900. The van der Waals surface area contributed by atoms with Crippen LogP contribution in [0.1, 0.15) is 26.2 Å². The van der Waals surface area contributed by atoms with Crippen LogP contribution in [0.5, 0.6) is 0 Å². The van der Waals surface area contributed by atoms with Gasteiger partial charge in [0.2, 0.25) is 5.91 Å². The largest absolute Gasteiger partial charge is 0.325 e. The smallest absolute Gasteiger partial charge is 0.244 e. The Morgan fingerprint density at radius 3 is 2.86 bits per heavy atom. The van der Waals surface area contributed by atoms with Gasteiger partial charge in [-0.25, -0.2) is 0 Å². The van der Waals surface area contributed by atoms with Crippen molar-refractivity contribution in [3.8, 4) is 0 Å². The monoisotopic (exact) mass is 214 g/mol. The summed E-state index contributed by atoms with van der Waals surface area (Å²) in [6.45, 7) is 3.03. The molecule has 2 aliphatic rings. The SMILES string of the molecule is CCC1NC2(CC2)C(=O)N1CCSC. The van der Waals surface area contributed by atoms with Gasteiger partial charge in [-0.15, -0.1) is 0 Å². The Bertz CT molecular complexity index is 240. The van der Waals surface area contributed by atoms with E-state index in [-0.39, 0.29) is 11.7 Å². The number of carbonyl (C=O) groups excluding carboxylic acids is 1. The second kappa shape index (κ2) is 3.74. The number of rotatable bonds is 4. The normalized spacial score (nSPS) is 28.9. The molecule has 2 fully saturated rings. The van der Waals surface area contributed by atoms with Gasteiger partial charge in [0.25, 0.3) is 0 Å². The Balaban J connectivity index is 2.01. The van der Waals surface area contributed by atoms with Crippen LogP contribution in [0.25, 0.3) is 0 Å². The van der Waals surface area contributed by atoms with E-state index in [0.717, 1.165) is 31.6 Å². The average molecular weight is 214 g/mol. The number of carbonyl (C=O) groups is 1. The van der Waals surface area contributed by atoms with Crippen molar-refractivity contribution < 1.29 is 4.79 Å². The van der Waals surface area contributed by atoms with Crippen LogP contribution in [0.4, 0.5) is 0 Å². The Morgan fingerprint density at radius 1 is 1.64 bits per heavy atom. The summed E-state index contributed by atoms with van der Waals surface area (Å²) in [5.41, 5.74) is -0.126. The van der Waals surface area contributed by atoms with Crippen molar-refractivity contribution in [2.75, 3.05) is 18.6 Å². The van der Waals surface area contributed by atoms with Crippen LogP contribution in [0.15, 0.2) is 0 Å². The molecule has 80 valence electrons. The minimum Gasteiger partial charge on any atom is -0.325 e. The third-order valence-electron chi connectivity index (χ3n) is 3.16. The molecule has 14 heavy (non-hydrogen) atoms. The van der Waals surface area contributed by atoms with Crippen LogP contribution >= 0.6 is 11.8 Å². The lowest BCUT2D eigenvalue weighted by molar-refractivity contribution is -0.130. The van der Waals surface area contributed by atoms with Gasteiger partial charge in [0.15, 0.2) is 0 Å². The highest BCUT2D eigenvalue weighted by molar-refractivity contribution is 7.98. The fourth-order valence-electron chi connectivity index (χ4n) is 2.13. The molecule has 0 aromatic carbocycles. The summed E-state index contributed by atoms with van der Waals surface area (Å²) in [4.78, 5) is 14.1. The second-order valence-electron chi connectivity index (χ2n) is 4.14. The standard InChI is InChI=1S/C10H18N2OS/c1-3-8-11-10(4-5-10)9(13)12(8)6-7-14-2/h8,11H,3-7H2,1-2H3. The van der Waals surface area contributed by atoms with Crippen molar-refractivity contribution in [2.24, 2.45) is 0 Å². The number of hydrogen-bond donors (Lipinski definition) is 1. The highest BCUT2D eigenvalue weighted by atomic mass is 32.2. The van der Waals surface area contributed by atoms with Gasteiger partial charge < -0.3 is 4.90 Å². The lowest BCUT2D eigenvalue weighted by atomic mass is 10.3. The first kappa shape index (κ1) is 10.3. The van der Waals surface area contributed by atoms with Crippen LogP contribution in [0, 0.1) is 0 Å². The van der Waals surface area contributed by atoms with E-state index in [4.69, 9.17) is 0 Å². The first-order valence-electron chi connectivity index (χ1n) is 5.31. The number of nitrogens with one attached hydrogen (secondary N) is 1. The topological polar surface area (TPSA) is 32.3 Å². The Labute approximate surface area is 89.6 Å². The second-order valence-corrected chi connectivity index (χ2v) is 5.13. The molecule has 1 aliphatic carbocycles. The molecule has 1 heterocycles. The van der Waals surface area contributed by atoms with Crippen molar-refractivity contribution in [2.45, 2.75) is 37.9 Å². The quantitative estimate of drug-likeness (QED) is 0.759. The van der Waals surface area contributed by atoms with Crippen molar-refractivity contribution >= 4 is 17.7 Å². The van der Waals surface area contributed by atoms with Gasteiger partial charge in [-0.2, -0.15) is 11.8 Å². The summed E-state index contributed by atoms with van der Waals surface area (Å²) in [5.74, 6) is 1.39. The molecular weight excluding hydrogens is 196 g/mol. The van der Waals surface area contributed by atoms with Crippen molar-refractivity contribution in [3.63, 3.8) is 0 Å². The summed E-state index contributed by atoms with van der Waals surface area (Å²) in [5, 5.41) is 3.47. The third kappa shape index (κ3) is 1.54. The summed E-state index contributed by atoms with van der Waals surface area (Å²) in [7, 11) is 0. The molecule has 1 spiro atoms. The van der Waals surface area contributed by atoms with E-state index in [1.54, 1.807) is 11.8 Å². The van der Waals surface area contributed by atoms with Crippen LogP contribution in [0.2, 0.25) is 0 Å². The minimum atomic E-state index is -0.126. The molecule has 1 aliphatic heterocycles. The molecule has 4 heteroatoms. The fourth-order valence-corrected chi connectivity index (χ4v) is 2.51. The predicted octanol–water partition coefficient (Wildman–Crippen LogP) is 1.05. The summed E-state index contributed by atoms with van der Waals surface area (Å²) < 4.78 is 0. The minimum absolute atomic E-state index is 0.126. The Morgan fingerprint density at radius 2 is 2.36 bits per heavy atom. The van der Waals surface area contributed by atoms with E-state index in [2.05, 4.69) is 18.5 Å². The zero-order chi connectivity index (χ0) is 10.2. The number of amides is 1. The van der Waals surface area contributed by atoms with Gasteiger partial charge in [0, 0.05) is 12.3 Å². The van der Waals surface area contributed by atoms with Crippen molar-refractivity contribution in [3.05, 3.63) is 0 Å². The Hall–Kier alpha value is -0.220. The average Bonchev–Trinajstić information content (AvgIpc) is 2.91. The number of thioether (sulfide) groups is 1. The van der Waals surface area contributed by atoms with Gasteiger partial charge in [-0.05, 0) is 25.5 Å². The van der Waals surface area contributed by atoms with E-state index >= 15 is 0 Å². The van der Waals surface area contributed by atoms with Gasteiger partial charge >= 0.3 is 0 Å². The number of hydrogen-bond acceptors (Lipinski definition) is 3. The molecule has 0 bridgehead atoms. The highest BCUT2D eigenvalue weighted by Crippen LogP contribution is 2.42. The molecule has 2 rings (SSSR count). The van der Waals surface area contributed by atoms with E-state index in [1.165, 1.54) is 0 Å². The van der Waals surface area contributed by atoms with E-state index < -0.39 is 0 Å². The van der Waals surface area contributed by atoms with Gasteiger partial charge in [-0.3, -0.25) is 10.1 Å². The molecular formula is C10H18N2OS. The summed E-state index contributed by atoms with van der Waals surface area (Å²) >= 11 is 1.80. The summed E-state index contributed by atoms with van der Waals surface area (Å²) in [6, 6.07) is 0. The van der Waals surface area contributed by atoms with Gasteiger partial charge in [0.1, 0.15) is 0 Å². The molecule has 1 atom stereocenters. The first-order chi connectivity index (χ1) is 6.73. The molecule has 0 aromatic rings. The predicted molar refractivity (Wildman–Crippen MR) is 59.3 cm³/mol. The van der Waals surface area contributed by atoms with Crippen LogP contribution < -0.4 is 5.32 Å². The van der Waals surface area contributed by atoms with E-state index in [0.29, 0.717) is 5.91 Å². The first-order valence-corrected chi connectivity index (χ1v) is 6.70. The molecule has 0 radical (unpaired) electrons. The lowest BCUT2D eigenvalue weighted by Gasteiger charge is -2.22. The maximum atomic E-state index is 12.0. The zero-order valence-electron chi connectivity index (χ0n) is 8.88. The molecule has 0 aromatic heterocycles. The van der Waals surface area contributed by atoms with E-state index in [1.807, 2.05) is 4.90 Å². The molecule has 3 nitrogen and oxygen atoms in total. The van der Waals surface area contributed by atoms with Gasteiger partial charge in [-0.1, -0.05) is 6.92 Å². The molecule has 1 amide bonds. The Kier molecular flexibility index (Phi) is 2.75. The third-order valence-corrected chi connectivity index (χ3v) is 3.75. The zero-order valence-corrected chi connectivity index (χ0v) is 9.69. The summed E-state index contributed by atoms with van der Waals surface area (Å²) in [6.07, 6.45) is 5.47. The van der Waals surface area contributed by atoms with Crippen molar-refractivity contribution in [1.82, 2.24) is 10.2 Å². The van der Waals surface area contributed by atoms with Crippen LogP contribution in [0.3, 0.4) is 0 Å². The number of nitrogens with zero attached hydrogens (tertiary/aromatic N) is 1. The molecule has 1 saturated heterocycles. The maximum absolute atomic E-state index is 12.0. The molecule has 1 unspecified atom stereocenters. The maximum Gasteiger partial charge on any atom is 0.244 e. The molecule has 1 N–H and O–H groups in total. The lowest BCUT2D eigenvalue weighted by Crippen LogP contribution is -2.38. The van der Waals surface area contributed by atoms with Crippen molar-refractivity contribution in [1.29, 1.82) is 0 Å². The van der Waals surface area contributed by atoms with Crippen LogP contribution in [-0.4, -0.2) is 41.1 Å². The highest BCUT2D eigenvalue weighted by Gasteiger charge is 2.58. The van der Waals surface area contributed by atoms with Gasteiger partial charge in [0.05, 0.1) is 11.7 Å². The molecule has 1 saturated carbocycles. The van der Waals surface area contributed by atoms with Crippen LogP contribution in [-0.2, 0) is 4.79 Å².